The van der Waals surface area contributed by atoms with Crippen LogP contribution in [0.5, 0.6) is 0 Å². The first-order valence-electron chi connectivity index (χ1n) is 5.85. The normalized spacial score (nSPS) is 10.4. The minimum absolute atomic E-state index is 0.547. The van der Waals surface area contributed by atoms with Crippen LogP contribution < -0.4 is 0 Å². The molecule has 3 nitrogen and oxygen atoms in total. The predicted octanol–water partition coefficient (Wildman–Crippen LogP) is 4.31. The lowest BCUT2D eigenvalue weighted by Crippen LogP contribution is -1.89. The Morgan fingerprint density at radius 1 is 1.05 bits per heavy atom. The van der Waals surface area contributed by atoms with Crippen molar-refractivity contribution in [3.63, 3.8) is 0 Å². The first kappa shape index (κ1) is 12.9. The van der Waals surface area contributed by atoms with Gasteiger partial charge < -0.3 is 0 Å². The summed E-state index contributed by atoms with van der Waals surface area (Å²) in [5.74, 6) is 0. The SMILES string of the molecule is N#Cc1cnc2ccccc2c1Sc1ccc(Cl)cn1. The van der Waals surface area contributed by atoms with Gasteiger partial charge in [-0.2, -0.15) is 5.26 Å². The molecule has 96 valence electrons. The average molecular weight is 298 g/mol. The van der Waals surface area contributed by atoms with Crippen LogP contribution >= 0.6 is 23.4 Å². The summed E-state index contributed by atoms with van der Waals surface area (Å²) in [5.41, 5.74) is 1.41. The van der Waals surface area contributed by atoms with Gasteiger partial charge in [-0.3, -0.25) is 4.98 Å². The third-order valence-electron chi connectivity index (χ3n) is 2.75. The molecule has 1 aromatic carbocycles. The summed E-state index contributed by atoms with van der Waals surface area (Å²) in [7, 11) is 0. The van der Waals surface area contributed by atoms with Crippen LogP contribution in [0.3, 0.4) is 0 Å². The van der Waals surface area contributed by atoms with E-state index in [1.54, 1.807) is 18.5 Å². The highest BCUT2D eigenvalue weighted by atomic mass is 35.5. The summed E-state index contributed by atoms with van der Waals surface area (Å²) in [6.45, 7) is 0. The molecule has 0 amide bonds. The van der Waals surface area contributed by atoms with E-state index in [0.717, 1.165) is 20.8 Å². The van der Waals surface area contributed by atoms with Crippen molar-refractivity contribution in [1.82, 2.24) is 9.97 Å². The fourth-order valence-electron chi connectivity index (χ4n) is 1.83. The number of hydrogen-bond acceptors (Lipinski definition) is 4. The molecule has 0 atom stereocenters. The molecule has 2 aromatic heterocycles. The van der Waals surface area contributed by atoms with Crippen LogP contribution in [0.25, 0.3) is 10.9 Å². The molecular weight excluding hydrogens is 290 g/mol. The number of aromatic nitrogens is 2. The fourth-order valence-corrected chi connectivity index (χ4v) is 2.89. The van der Waals surface area contributed by atoms with Gasteiger partial charge in [-0.1, -0.05) is 41.6 Å². The van der Waals surface area contributed by atoms with Crippen molar-refractivity contribution in [1.29, 1.82) is 5.26 Å². The fraction of sp³-hybridized carbons (Fsp3) is 0. The lowest BCUT2D eigenvalue weighted by molar-refractivity contribution is 1.13. The maximum absolute atomic E-state index is 9.26. The van der Waals surface area contributed by atoms with Crippen molar-refractivity contribution < 1.29 is 0 Å². The van der Waals surface area contributed by atoms with Gasteiger partial charge >= 0.3 is 0 Å². The summed E-state index contributed by atoms with van der Waals surface area (Å²) in [6, 6.07) is 13.6. The van der Waals surface area contributed by atoms with E-state index in [0.29, 0.717) is 10.6 Å². The van der Waals surface area contributed by atoms with Crippen LogP contribution in [-0.4, -0.2) is 9.97 Å². The van der Waals surface area contributed by atoms with Crippen molar-refractivity contribution in [2.24, 2.45) is 0 Å². The molecule has 0 radical (unpaired) electrons. The number of fused-ring (bicyclic) bond motifs is 1. The first-order valence-corrected chi connectivity index (χ1v) is 7.04. The Labute approximate surface area is 125 Å². The number of hydrogen-bond donors (Lipinski definition) is 0. The summed E-state index contributed by atoms with van der Waals surface area (Å²) < 4.78 is 0. The molecule has 0 fully saturated rings. The van der Waals surface area contributed by atoms with E-state index in [2.05, 4.69) is 16.0 Å². The molecular formula is C15H8ClN3S. The van der Waals surface area contributed by atoms with E-state index in [9.17, 15) is 5.26 Å². The molecule has 3 rings (SSSR count). The zero-order valence-corrected chi connectivity index (χ0v) is 11.8. The standard InChI is InChI=1S/C15H8ClN3S/c16-11-5-6-14(19-9-11)20-15-10(7-17)8-18-13-4-2-1-3-12(13)15/h1-6,8-9H. The van der Waals surface area contributed by atoms with E-state index in [1.165, 1.54) is 11.8 Å². The number of benzene rings is 1. The van der Waals surface area contributed by atoms with E-state index in [-0.39, 0.29) is 0 Å². The number of halogens is 1. The van der Waals surface area contributed by atoms with E-state index >= 15 is 0 Å². The summed E-state index contributed by atoms with van der Waals surface area (Å²) in [4.78, 5) is 9.42. The molecule has 3 aromatic rings. The second-order valence-corrected chi connectivity index (χ2v) is 5.51. The molecule has 0 saturated heterocycles. The number of pyridine rings is 2. The second-order valence-electron chi connectivity index (χ2n) is 4.05. The molecule has 2 heterocycles. The summed E-state index contributed by atoms with van der Waals surface area (Å²) in [6.07, 6.45) is 3.19. The van der Waals surface area contributed by atoms with Crippen LogP contribution in [0, 0.1) is 11.3 Å². The van der Waals surface area contributed by atoms with Gasteiger partial charge in [0.1, 0.15) is 11.1 Å². The van der Waals surface area contributed by atoms with Crippen LogP contribution in [0.4, 0.5) is 0 Å². The highest BCUT2D eigenvalue weighted by Gasteiger charge is 2.10. The van der Waals surface area contributed by atoms with Gasteiger partial charge in [0.25, 0.3) is 0 Å². The predicted molar refractivity (Wildman–Crippen MR) is 79.8 cm³/mol. The Kier molecular flexibility index (Phi) is 3.55. The Morgan fingerprint density at radius 2 is 1.90 bits per heavy atom. The molecule has 0 unspecified atom stereocenters. The van der Waals surface area contributed by atoms with Crippen molar-refractivity contribution in [3.05, 3.63) is 59.4 Å². The zero-order valence-electron chi connectivity index (χ0n) is 10.2. The van der Waals surface area contributed by atoms with Crippen LogP contribution in [0.15, 0.2) is 58.7 Å². The van der Waals surface area contributed by atoms with Crippen LogP contribution in [-0.2, 0) is 0 Å². The highest BCUT2D eigenvalue weighted by Crippen LogP contribution is 2.34. The van der Waals surface area contributed by atoms with Crippen LogP contribution in [0.1, 0.15) is 5.56 Å². The molecule has 0 saturated carbocycles. The average Bonchev–Trinajstić information content (AvgIpc) is 2.50. The second kappa shape index (κ2) is 5.49. The number of rotatable bonds is 2. The maximum atomic E-state index is 9.26. The molecule has 0 aliphatic carbocycles. The minimum atomic E-state index is 0.547. The smallest absolute Gasteiger partial charge is 0.102 e. The minimum Gasteiger partial charge on any atom is -0.255 e. The van der Waals surface area contributed by atoms with Gasteiger partial charge in [-0.15, -0.1) is 0 Å². The molecule has 0 spiro atoms. The molecule has 0 aliphatic heterocycles. The van der Waals surface area contributed by atoms with E-state index < -0.39 is 0 Å². The molecule has 5 heteroatoms. The van der Waals surface area contributed by atoms with Gasteiger partial charge in [0.2, 0.25) is 0 Å². The van der Waals surface area contributed by atoms with E-state index in [4.69, 9.17) is 11.6 Å². The highest BCUT2D eigenvalue weighted by molar-refractivity contribution is 7.99. The van der Waals surface area contributed by atoms with Gasteiger partial charge in [-0.05, 0) is 18.2 Å². The summed E-state index contributed by atoms with van der Waals surface area (Å²) >= 11 is 7.28. The molecule has 0 bridgehead atoms. The number of para-hydroxylation sites is 1. The third-order valence-corrected chi connectivity index (χ3v) is 4.07. The van der Waals surface area contributed by atoms with Crippen molar-refractivity contribution in [2.45, 2.75) is 9.92 Å². The lowest BCUT2D eigenvalue weighted by atomic mass is 10.2. The summed E-state index contributed by atoms with van der Waals surface area (Å²) in [5, 5.41) is 11.6. The van der Waals surface area contributed by atoms with E-state index in [1.807, 2.05) is 30.3 Å². The Balaban J connectivity index is 2.14. The lowest BCUT2D eigenvalue weighted by Gasteiger charge is -2.07. The third kappa shape index (κ3) is 2.46. The molecule has 0 aliphatic rings. The van der Waals surface area contributed by atoms with Gasteiger partial charge in [-0.25, -0.2) is 4.98 Å². The number of nitriles is 1. The zero-order chi connectivity index (χ0) is 13.9. The monoisotopic (exact) mass is 297 g/mol. The number of nitrogens with zero attached hydrogens (tertiary/aromatic N) is 3. The molecule has 20 heavy (non-hydrogen) atoms. The van der Waals surface area contributed by atoms with Gasteiger partial charge in [0.05, 0.1) is 16.1 Å². The first-order chi connectivity index (χ1) is 9.78. The quantitative estimate of drug-likeness (QED) is 0.707. The van der Waals surface area contributed by atoms with Crippen molar-refractivity contribution in [2.75, 3.05) is 0 Å². The Morgan fingerprint density at radius 3 is 2.65 bits per heavy atom. The molecule has 0 N–H and O–H groups in total. The maximum Gasteiger partial charge on any atom is 0.102 e. The van der Waals surface area contributed by atoms with Gasteiger partial charge in [0, 0.05) is 22.7 Å². The Hall–Kier alpha value is -2.09. The largest absolute Gasteiger partial charge is 0.255 e. The van der Waals surface area contributed by atoms with Gasteiger partial charge in [0.15, 0.2) is 0 Å². The van der Waals surface area contributed by atoms with Crippen LogP contribution in [0.2, 0.25) is 5.02 Å². The topological polar surface area (TPSA) is 49.6 Å². The van der Waals surface area contributed by atoms with Crippen molar-refractivity contribution >= 4 is 34.3 Å². The Bertz CT molecular complexity index is 809. The van der Waals surface area contributed by atoms with Crippen molar-refractivity contribution in [3.8, 4) is 6.07 Å².